The van der Waals surface area contributed by atoms with Crippen LogP contribution in [0.5, 0.6) is 0 Å². The summed E-state index contributed by atoms with van der Waals surface area (Å²) in [5.74, 6) is -0.192. The number of fused-ring (bicyclic) bond motifs is 1. The summed E-state index contributed by atoms with van der Waals surface area (Å²) in [4.78, 5) is 29.6. The zero-order chi connectivity index (χ0) is 16.7. The quantitative estimate of drug-likeness (QED) is 0.451. The number of hydrogen-bond donors (Lipinski definition) is 5. The number of ether oxygens (including phenoxy) is 1. The number of H-pyrrole nitrogens is 1. The molecule has 0 aliphatic carbocycles. The highest BCUT2D eigenvalue weighted by Crippen LogP contribution is 2.31. The zero-order valence-corrected chi connectivity index (χ0v) is 12.1. The van der Waals surface area contributed by atoms with Crippen LogP contribution < -0.4 is 10.9 Å². The number of imidazole rings is 1. The molecule has 3 heterocycles. The van der Waals surface area contributed by atoms with Crippen molar-refractivity contribution in [3.63, 3.8) is 0 Å². The molecule has 3 rings (SSSR count). The molecule has 0 aromatic carbocycles. The predicted octanol–water partition coefficient (Wildman–Crippen LogP) is -1.71. The average Bonchev–Trinajstić information content (AvgIpc) is 3.01. The van der Waals surface area contributed by atoms with Gasteiger partial charge in [0.2, 0.25) is 5.91 Å². The highest BCUT2D eigenvalue weighted by Gasteiger charge is 2.43. The Balaban J connectivity index is 2.06. The largest absolute Gasteiger partial charge is 0.394 e. The first-order valence-corrected chi connectivity index (χ1v) is 6.92. The predicted molar refractivity (Wildman–Crippen MR) is 77.7 cm³/mol. The van der Waals surface area contributed by atoms with Gasteiger partial charge in [-0.3, -0.25) is 9.59 Å². The molecule has 0 radical (unpaired) electrons. The Hall–Kier alpha value is -2.27. The van der Waals surface area contributed by atoms with E-state index in [0.29, 0.717) is 5.52 Å². The maximum atomic E-state index is 12.0. The number of rotatable bonds is 3. The fraction of sp³-hybridized carbons (Fsp3) is 0.462. The van der Waals surface area contributed by atoms with Crippen molar-refractivity contribution >= 4 is 22.8 Å². The van der Waals surface area contributed by atoms with Gasteiger partial charge in [-0.05, 0) is 0 Å². The maximum absolute atomic E-state index is 12.0. The highest BCUT2D eigenvalue weighted by atomic mass is 16.6. The minimum absolute atomic E-state index is 0.0943. The van der Waals surface area contributed by atoms with Gasteiger partial charge in [0, 0.05) is 13.0 Å². The van der Waals surface area contributed by atoms with Gasteiger partial charge in [0.25, 0.3) is 5.56 Å². The number of carbonyl (C=O) groups is 1. The molecule has 2 aromatic heterocycles. The third-order valence-electron chi connectivity index (χ3n) is 3.68. The normalized spacial score (nSPS) is 27.5. The van der Waals surface area contributed by atoms with E-state index in [1.54, 1.807) is 0 Å². The van der Waals surface area contributed by atoms with Gasteiger partial charge in [-0.15, -0.1) is 0 Å². The Labute approximate surface area is 129 Å². The summed E-state index contributed by atoms with van der Waals surface area (Å²) >= 11 is 0. The molecule has 4 atom stereocenters. The van der Waals surface area contributed by atoms with Crippen molar-refractivity contribution in [2.45, 2.75) is 31.5 Å². The summed E-state index contributed by atoms with van der Waals surface area (Å²) < 4.78 is 6.80. The van der Waals surface area contributed by atoms with E-state index < -0.39 is 36.7 Å². The molecule has 1 aliphatic rings. The summed E-state index contributed by atoms with van der Waals surface area (Å²) in [6, 6.07) is 1.47. The number of aromatic amines is 1. The smallest absolute Gasteiger partial charge is 0.277 e. The molecule has 1 fully saturated rings. The number of anilines is 1. The van der Waals surface area contributed by atoms with Crippen molar-refractivity contribution in [2.24, 2.45) is 0 Å². The number of aliphatic hydroxyl groups is 3. The lowest BCUT2D eigenvalue weighted by Crippen LogP contribution is -2.33. The number of aliphatic hydroxyl groups excluding tert-OH is 3. The highest BCUT2D eigenvalue weighted by molar-refractivity contribution is 5.89. The van der Waals surface area contributed by atoms with Gasteiger partial charge in [0.15, 0.2) is 11.7 Å². The van der Waals surface area contributed by atoms with Crippen molar-refractivity contribution in [1.29, 1.82) is 0 Å². The van der Waals surface area contributed by atoms with Gasteiger partial charge in [-0.1, -0.05) is 0 Å². The van der Waals surface area contributed by atoms with Crippen LogP contribution in [-0.2, 0) is 9.53 Å². The van der Waals surface area contributed by atoms with Crippen molar-refractivity contribution in [3.8, 4) is 0 Å². The van der Waals surface area contributed by atoms with Gasteiger partial charge in [-0.2, -0.15) is 0 Å². The van der Waals surface area contributed by atoms with Crippen LogP contribution in [-0.4, -0.2) is 60.7 Å². The molecular formula is C13H16N4O6. The van der Waals surface area contributed by atoms with Gasteiger partial charge in [-0.25, -0.2) is 4.98 Å². The first-order valence-electron chi connectivity index (χ1n) is 6.92. The van der Waals surface area contributed by atoms with Crippen molar-refractivity contribution in [1.82, 2.24) is 14.5 Å². The number of carbonyl (C=O) groups excluding carboxylic acids is 1. The molecule has 1 saturated heterocycles. The van der Waals surface area contributed by atoms with Gasteiger partial charge < -0.3 is 34.9 Å². The molecule has 10 heteroatoms. The average molecular weight is 324 g/mol. The Morgan fingerprint density at radius 3 is 2.83 bits per heavy atom. The minimum Gasteiger partial charge on any atom is -0.394 e. The van der Waals surface area contributed by atoms with Gasteiger partial charge in [0.05, 0.1) is 18.5 Å². The van der Waals surface area contributed by atoms with E-state index in [1.165, 1.54) is 23.9 Å². The summed E-state index contributed by atoms with van der Waals surface area (Å²) in [5.41, 5.74) is -0.110. The summed E-state index contributed by atoms with van der Waals surface area (Å²) in [5, 5.41) is 31.5. The number of amides is 1. The summed E-state index contributed by atoms with van der Waals surface area (Å²) in [6.07, 6.45) is -3.23. The molecule has 1 aliphatic heterocycles. The van der Waals surface area contributed by atoms with Crippen LogP contribution in [0.1, 0.15) is 13.2 Å². The number of hydrogen-bond acceptors (Lipinski definition) is 7. The summed E-state index contributed by atoms with van der Waals surface area (Å²) in [6.45, 7) is 0.838. The second-order valence-electron chi connectivity index (χ2n) is 5.31. The molecule has 0 saturated carbocycles. The van der Waals surface area contributed by atoms with Crippen molar-refractivity contribution in [2.75, 3.05) is 11.9 Å². The molecule has 2 aromatic rings. The Kier molecular flexibility index (Phi) is 3.90. The second-order valence-corrected chi connectivity index (χ2v) is 5.31. The maximum Gasteiger partial charge on any atom is 0.277 e. The molecule has 10 nitrogen and oxygen atoms in total. The number of nitrogens with zero attached hydrogens (tertiary/aromatic N) is 2. The molecule has 0 spiro atoms. The van der Waals surface area contributed by atoms with Crippen LogP contribution in [0.3, 0.4) is 0 Å². The fourth-order valence-electron chi connectivity index (χ4n) is 2.61. The van der Waals surface area contributed by atoms with Crippen LogP contribution in [0.15, 0.2) is 17.2 Å². The minimum atomic E-state index is -1.30. The second kappa shape index (κ2) is 5.74. The lowest BCUT2D eigenvalue weighted by Gasteiger charge is -2.17. The van der Waals surface area contributed by atoms with Crippen LogP contribution in [0.4, 0.5) is 5.82 Å². The van der Waals surface area contributed by atoms with Gasteiger partial charge >= 0.3 is 0 Å². The molecule has 0 bridgehead atoms. The number of aromatic nitrogens is 3. The molecule has 0 unspecified atom stereocenters. The van der Waals surface area contributed by atoms with Gasteiger partial charge in [0.1, 0.15) is 24.1 Å². The number of nitrogens with one attached hydrogen (secondary N) is 2. The summed E-state index contributed by atoms with van der Waals surface area (Å²) in [7, 11) is 0. The Bertz CT molecular complexity index is 799. The first kappa shape index (κ1) is 15.6. The first-order chi connectivity index (χ1) is 10.9. The lowest BCUT2D eigenvalue weighted by molar-refractivity contribution is -0.114. The molecule has 124 valence electrons. The third kappa shape index (κ3) is 2.61. The lowest BCUT2D eigenvalue weighted by atomic mass is 10.1. The van der Waals surface area contributed by atoms with E-state index in [2.05, 4.69) is 15.3 Å². The van der Waals surface area contributed by atoms with E-state index in [-0.39, 0.29) is 17.2 Å². The molecule has 23 heavy (non-hydrogen) atoms. The molecule has 1 amide bonds. The van der Waals surface area contributed by atoms with E-state index in [4.69, 9.17) is 9.84 Å². The van der Waals surface area contributed by atoms with Crippen LogP contribution in [0.2, 0.25) is 0 Å². The van der Waals surface area contributed by atoms with Crippen molar-refractivity contribution < 1.29 is 24.9 Å². The van der Waals surface area contributed by atoms with E-state index >= 15 is 0 Å². The standard InChI is InChI=1S/C13H16N4O6/c1-5(19)15-8-2-6-9(12(22)16-8)14-4-17(6)13-11(21)10(20)7(3-18)23-13/h2,4,7,10-11,13,18,20-21H,3H2,1H3,(H2,15,16,19,22)/t7-,10-,11-,13-/m1/s1. The molecule has 5 N–H and O–H groups in total. The zero-order valence-electron chi connectivity index (χ0n) is 12.1. The van der Waals surface area contributed by atoms with Crippen LogP contribution >= 0.6 is 0 Å². The monoisotopic (exact) mass is 324 g/mol. The fourth-order valence-corrected chi connectivity index (χ4v) is 2.61. The van der Waals surface area contributed by atoms with Crippen molar-refractivity contribution in [3.05, 3.63) is 22.7 Å². The van der Waals surface area contributed by atoms with Crippen LogP contribution in [0.25, 0.3) is 11.0 Å². The molecular weight excluding hydrogens is 308 g/mol. The van der Waals surface area contributed by atoms with E-state index in [0.717, 1.165) is 0 Å². The van der Waals surface area contributed by atoms with E-state index in [9.17, 15) is 19.8 Å². The third-order valence-corrected chi connectivity index (χ3v) is 3.68. The Morgan fingerprint density at radius 1 is 1.48 bits per heavy atom. The topological polar surface area (TPSA) is 150 Å². The Morgan fingerprint density at radius 2 is 2.22 bits per heavy atom. The number of pyridine rings is 1. The van der Waals surface area contributed by atoms with Crippen LogP contribution in [0, 0.1) is 0 Å². The van der Waals surface area contributed by atoms with E-state index in [1.807, 2.05) is 0 Å². The SMILES string of the molecule is CC(=O)Nc1cc2c(ncn2[C@@H]2O[C@H](CO)[C@@H](O)[C@H]2O)c(=O)[nH]1.